The van der Waals surface area contributed by atoms with E-state index in [1.54, 1.807) is 0 Å². The molecular formula is C8H11FO2. The molecule has 11 heavy (non-hydrogen) atoms. The van der Waals surface area contributed by atoms with Gasteiger partial charge in [0, 0.05) is 5.92 Å². The fourth-order valence-corrected chi connectivity index (χ4v) is 2.52. The van der Waals surface area contributed by atoms with Crippen molar-refractivity contribution in [3.05, 3.63) is 0 Å². The first kappa shape index (κ1) is 7.07. The van der Waals surface area contributed by atoms with Crippen molar-refractivity contribution in [1.82, 2.24) is 0 Å². The molecule has 2 aliphatic rings. The van der Waals surface area contributed by atoms with E-state index >= 15 is 0 Å². The number of hydrogen-bond acceptors (Lipinski definition) is 1. The van der Waals surface area contributed by atoms with E-state index in [-0.39, 0.29) is 12.3 Å². The number of aliphatic carboxylic acids is 1. The molecule has 62 valence electrons. The fourth-order valence-electron chi connectivity index (χ4n) is 2.52. The van der Waals surface area contributed by atoms with Gasteiger partial charge in [0.2, 0.25) is 5.67 Å². The summed E-state index contributed by atoms with van der Waals surface area (Å²) >= 11 is 0. The molecule has 0 aliphatic heterocycles. The zero-order chi connectivity index (χ0) is 8.06. The van der Waals surface area contributed by atoms with Crippen LogP contribution in [0.4, 0.5) is 4.39 Å². The van der Waals surface area contributed by atoms with Gasteiger partial charge in [-0.3, -0.25) is 0 Å². The Bertz CT molecular complexity index is 204. The Labute approximate surface area is 64.4 Å². The Hall–Kier alpha value is -0.600. The lowest BCUT2D eigenvalue weighted by atomic mass is 9.86. The van der Waals surface area contributed by atoms with Gasteiger partial charge in [-0.15, -0.1) is 0 Å². The minimum atomic E-state index is -1.87. The Kier molecular flexibility index (Phi) is 1.26. The standard InChI is InChI=1S/C8H11FO2/c9-8(7(10)11)4-5-1-2-6(8)3-5/h5-6H,1-4H2,(H,10,11)/t5-,6+,8-/m0/s1. The highest BCUT2D eigenvalue weighted by Crippen LogP contribution is 2.52. The number of halogens is 1. The molecule has 0 aromatic carbocycles. The third-order valence-corrected chi connectivity index (χ3v) is 3.13. The number of rotatable bonds is 1. The number of fused-ring (bicyclic) bond motifs is 2. The molecule has 2 rings (SSSR count). The molecule has 1 N–H and O–H groups in total. The van der Waals surface area contributed by atoms with Gasteiger partial charge in [0.25, 0.3) is 0 Å². The molecule has 0 radical (unpaired) electrons. The molecule has 0 amide bonds. The van der Waals surface area contributed by atoms with Gasteiger partial charge < -0.3 is 5.11 Å². The van der Waals surface area contributed by atoms with Crippen LogP contribution in [0.3, 0.4) is 0 Å². The molecule has 3 heteroatoms. The number of hydrogen-bond donors (Lipinski definition) is 1. The monoisotopic (exact) mass is 158 g/mol. The second-order valence-electron chi connectivity index (χ2n) is 3.75. The summed E-state index contributed by atoms with van der Waals surface area (Å²) in [5.74, 6) is -1.09. The van der Waals surface area contributed by atoms with Crippen LogP contribution in [0.1, 0.15) is 25.7 Å². The van der Waals surface area contributed by atoms with Crippen molar-refractivity contribution in [1.29, 1.82) is 0 Å². The fraction of sp³-hybridized carbons (Fsp3) is 0.875. The van der Waals surface area contributed by atoms with Crippen LogP contribution in [0.5, 0.6) is 0 Å². The van der Waals surface area contributed by atoms with E-state index in [1.165, 1.54) is 0 Å². The first-order chi connectivity index (χ1) is 5.13. The highest BCUT2D eigenvalue weighted by Gasteiger charge is 2.56. The van der Waals surface area contributed by atoms with Gasteiger partial charge in [-0.1, -0.05) is 0 Å². The molecule has 0 spiro atoms. The van der Waals surface area contributed by atoms with Crippen molar-refractivity contribution in [3.8, 4) is 0 Å². The van der Waals surface area contributed by atoms with Crippen LogP contribution in [0.2, 0.25) is 0 Å². The van der Waals surface area contributed by atoms with E-state index < -0.39 is 11.6 Å². The summed E-state index contributed by atoms with van der Waals surface area (Å²) in [6, 6.07) is 0. The van der Waals surface area contributed by atoms with Crippen LogP contribution in [-0.2, 0) is 4.79 Å². The predicted molar refractivity (Wildman–Crippen MR) is 36.9 cm³/mol. The molecule has 2 nitrogen and oxygen atoms in total. The van der Waals surface area contributed by atoms with E-state index in [2.05, 4.69) is 0 Å². The third-order valence-electron chi connectivity index (χ3n) is 3.13. The number of carbonyl (C=O) groups is 1. The zero-order valence-electron chi connectivity index (χ0n) is 6.22. The minimum absolute atomic E-state index is 0.190. The molecule has 0 heterocycles. The average molecular weight is 158 g/mol. The summed E-state index contributed by atoms with van der Waals surface area (Å²) < 4.78 is 13.5. The summed E-state index contributed by atoms with van der Waals surface area (Å²) in [7, 11) is 0. The average Bonchev–Trinajstić information content (AvgIpc) is 2.45. The van der Waals surface area contributed by atoms with Crippen LogP contribution in [0.15, 0.2) is 0 Å². The number of carboxylic acid groups (broad SMARTS) is 1. The predicted octanol–water partition coefficient (Wildman–Crippen LogP) is 1.60. The molecule has 0 aromatic heterocycles. The quantitative estimate of drug-likeness (QED) is 0.629. The maximum absolute atomic E-state index is 13.5. The molecular weight excluding hydrogens is 147 g/mol. The van der Waals surface area contributed by atoms with Gasteiger partial charge >= 0.3 is 5.97 Å². The van der Waals surface area contributed by atoms with Crippen LogP contribution in [-0.4, -0.2) is 16.7 Å². The highest BCUT2D eigenvalue weighted by atomic mass is 19.1. The number of alkyl halides is 1. The minimum Gasteiger partial charge on any atom is -0.479 e. The molecule has 3 atom stereocenters. The second kappa shape index (κ2) is 1.96. The van der Waals surface area contributed by atoms with Crippen molar-refractivity contribution in [2.24, 2.45) is 11.8 Å². The lowest BCUT2D eigenvalue weighted by Gasteiger charge is -2.24. The lowest BCUT2D eigenvalue weighted by molar-refractivity contribution is -0.154. The van der Waals surface area contributed by atoms with Crippen LogP contribution in [0.25, 0.3) is 0 Å². The Balaban J connectivity index is 2.23. The summed E-state index contributed by atoms with van der Waals surface area (Å²) in [6.07, 6.45) is 2.85. The first-order valence-electron chi connectivity index (χ1n) is 4.05. The van der Waals surface area contributed by atoms with Gasteiger partial charge in [0.15, 0.2) is 0 Å². The maximum Gasteiger partial charge on any atom is 0.341 e. The highest BCUT2D eigenvalue weighted by molar-refractivity contribution is 5.78. The smallest absolute Gasteiger partial charge is 0.341 e. The van der Waals surface area contributed by atoms with Gasteiger partial charge in [0.05, 0.1) is 0 Å². The van der Waals surface area contributed by atoms with Crippen LogP contribution >= 0.6 is 0 Å². The van der Waals surface area contributed by atoms with E-state index in [0.29, 0.717) is 5.92 Å². The van der Waals surface area contributed by atoms with Gasteiger partial charge in [-0.25, -0.2) is 9.18 Å². The molecule has 0 unspecified atom stereocenters. The first-order valence-corrected chi connectivity index (χ1v) is 4.05. The normalized spacial score (nSPS) is 48.1. The molecule has 2 aliphatic carbocycles. The van der Waals surface area contributed by atoms with Crippen molar-refractivity contribution in [2.75, 3.05) is 0 Å². The lowest BCUT2D eigenvalue weighted by Crippen LogP contribution is -2.38. The van der Waals surface area contributed by atoms with Crippen molar-refractivity contribution >= 4 is 5.97 Å². The topological polar surface area (TPSA) is 37.3 Å². The Morgan fingerprint density at radius 3 is 2.55 bits per heavy atom. The van der Waals surface area contributed by atoms with Gasteiger partial charge in [0.1, 0.15) is 0 Å². The summed E-state index contributed by atoms with van der Waals surface area (Å²) in [4.78, 5) is 10.5. The van der Waals surface area contributed by atoms with E-state index in [4.69, 9.17) is 5.11 Å². The SMILES string of the molecule is O=C(O)[C@]1(F)C[C@H]2CC[C@@H]1C2. The molecule has 0 saturated heterocycles. The Morgan fingerprint density at radius 2 is 2.27 bits per heavy atom. The molecule has 2 saturated carbocycles. The van der Waals surface area contributed by atoms with Crippen LogP contribution < -0.4 is 0 Å². The largest absolute Gasteiger partial charge is 0.479 e. The van der Waals surface area contributed by atoms with Crippen molar-refractivity contribution in [2.45, 2.75) is 31.4 Å². The number of carboxylic acids is 1. The Morgan fingerprint density at radius 1 is 1.55 bits per heavy atom. The van der Waals surface area contributed by atoms with Gasteiger partial charge in [-0.2, -0.15) is 0 Å². The van der Waals surface area contributed by atoms with Crippen molar-refractivity contribution < 1.29 is 14.3 Å². The molecule has 2 fully saturated rings. The molecule has 2 bridgehead atoms. The van der Waals surface area contributed by atoms with Gasteiger partial charge in [-0.05, 0) is 31.6 Å². The summed E-state index contributed by atoms with van der Waals surface area (Å²) in [6.45, 7) is 0. The van der Waals surface area contributed by atoms with E-state index in [0.717, 1.165) is 19.3 Å². The van der Waals surface area contributed by atoms with E-state index in [1.807, 2.05) is 0 Å². The zero-order valence-corrected chi connectivity index (χ0v) is 6.22. The third kappa shape index (κ3) is 0.798. The summed E-state index contributed by atoms with van der Waals surface area (Å²) in [5.41, 5.74) is -1.87. The summed E-state index contributed by atoms with van der Waals surface area (Å²) in [5, 5.41) is 8.62. The second-order valence-corrected chi connectivity index (χ2v) is 3.75. The molecule has 0 aromatic rings. The van der Waals surface area contributed by atoms with Crippen molar-refractivity contribution in [3.63, 3.8) is 0 Å². The maximum atomic E-state index is 13.5. The van der Waals surface area contributed by atoms with E-state index in [9.17, 15) is 9.18 Å². The van der Waals surface area contributed by atoms with Crippen LogP contribution in [0, 0.1) is 11.8 Å².